The molecule has 170 valence electrons. The second-order valence-corrected chi connectivity index (χ2v) is 7.82. The Morgan fingerprint density at radius 3 is 2.34 bits per heavy atom. The Bertz CT molecular complexity index is 941. The van der Waals surface area contributed by atoms with Crippen LogP contribution in [0.3, 0.4) is 0 Å². The third-order valence-electron chi connectivity index (χ3n) is 5.94. The van der Waals surface area contributed by atoms with Crippen LogP contribution in [0.15, 0.2) is 48.5 Å². The van der Waals surface area contributed by atoms with E-state index < -0.39 is 0 Å². The van der Waals surface area contributed by atoms with Crippen molar-refractivity contribution in [2.75, 3.05) is 69.3 Å². The number of anilines is 2. The SMILES string of the molecule is CCOc1ccc(N2CCN(CC(=O)N3CCN(c4ccccc4OC)CC3)C2=O)cc1. The lowest BCUT2D eigenvalue weighted by Crippen LogP contribution is -2.51. The maximum atomic E-state index is 12.9. The van der Waals surface area contributed by atoms with Crippen molar-refractivity contribution in [1.82, 2.24) is 9.80 Å². The molecule has 0 aromatic heterocycles. The summed E-state index contributed by atoms with van der Waals surface area (Å²) < 4.78 is 10.9. The second kappa shape index (κ2) is 9.80. The summed E-state index contributed by atoms with van der Waals surface area (Å²) in [6, 6.07) is 15.3. The molecule has 0 bridgehead atoms. The normalized spacial score (nSPS) is 16.5. The Balaban J connectivity index is 1.30. The monoisotopic (exact) mass is 438 g/mol. The number of urea groups is 1. The van der Waals surface area contributed by atoms with Crippen LogP contribution in [-0.2, 0) is 4.79 Å². The molecule has 4 rings (SSSR count). The van der Waals surface area contributed by atoms with Crippen molar-refractivity contribution in [3.63, 3.8) is 0 Å². The minimum atomic E-state index is -0.129. The quantitative estimate of drug-likeness (QED) is 0.665. The van der Waals surface area contributed by atoms with Crippen molar-refractivity contribution < 1.29 is 19.1 Å². The van der Waals surface area contributed by atoms with E-state index in [0.29, 0.717) is 32.8 Å². The average molecular weight is 439 g/mol. The number of amides is 3. The number of ether oxygens (including phenoxy) is 2. The van der Waals surface area contributed by atoms with Crippen molar-refractivity contribution in [2.45, 2.75) is 6.92 Å². The van der Waals surface area contributed by atoms with Crippen molar-refractivity contribution in [1.29, 1.82) is 0 Å². The number of nitrogens with zero attached hydrogens (tertiary/aromatic N) is 4. The van der Waals surface area contributed by atoms with Gasteiger partial charge in [-0.3, -0.25) is 9.69 Å². The number of benzene rings is 2. The van der Waals surface area contributed by atoms with E-state index in [9.17, 15) is 9.59 Å². The number of hydrogen-bond acceptors (Lipinski definition) is 5. The highest BCUT2D eigenvalue weighted by Gasteiger charge is 2.32. The van der Waals surface area contributed by atoms with Crippen LogP contribution in [-0.4, -0.2) is 81.3 Å². The van der Waals surface area contributed by atoms with Crippen molar-refractivity contribution in [2.24, 2.45) is 0 Å². The fourth-order valence-electron chi connectivity index (χ4n) is 4.21. The molecule has 0 radical (unpaired) electrons. The van der Waals surface area contributed by atoms with E-state index >= 15 is 0 Å². The molecule has 32 heavy (non-hydrogen) atoms. The topological polar surface area (TPSA) is 65.6 Å². The van der Waals surface area contributed by atoms with Gasteiger partial charge in [-0.05, 0) is 43.3 Å². The highest BCUT2D eigenvalue weighted by Crippen LogP contribution is 2.28. The summed E-state index contributed by atoms with van der Waals surface area (Å²) in [6.07, 6.45) is 0. The first-order valence-electron chi connectivity index (χ1n) is 11.1. The van der Waals surface area contributed by atoms with E-state index in [1.807, 2.05) is 60.4 Å². The zero-order chi connectivity index (χ0) is 22.5. The summed E-state index contributed by atoms with van der Waals surface area (Å²) in [7, 11) is 1.67. The third-order valence-corrected chi connectivity index (χ3v) is 5.94. The van der Waals surface area contributed by atoms with Crippen LogP contribution in [0, 0.1) is 0 Å². The standard InChI is InChI=1S/C24H30N4O4/c1-3-32-20-10-8-19(9-11-20)28-17-16-27(24(28)30)18-23(29)26-14-12-25(13-15-26)21-6-4-5-7-22(21)31-2/h4-11H,3,12-18H2,1-2H3. The van der Waals surface area contributed by atoms with E-state index in [1.165, 1.54) is 0 Å². The maximum absolute atomic E-state index is 12.9. The van der Waals surface area contributed by atoms with Crippen LogP contribution in [0.5, 0.6) is 11.5 Å². The third kappa shape index (κ3) is 4.59. The van der Waals surface area contributed by atoms with Crippen LogP contribution in [0.2, 0.25) is 0 Å². The largest absolute Gasteiger partial charge is 0.495 e. The highest BCUT2D eigenvalue weighted by atomic mass is 16.5. The lowest BCUT2D eigenvalue weighted by atomic mass is 10.2. The van der Waals surface area contributed by atoms with Gasteiger partial charge in [0.05, 0.1) is 19.4 Å². The molecule has 2 fully saturated rings. The van der Waals surface area contributed by atoms with E-state index in [2.05, 4.69) is 4.90 Å². The lowest BCUT2D eigenvalue weighted by Gasteiger charge is -2.37. The van der Waals surface area contributed by atoms with Crippen LogP contribution in [0.4, 0.5) is 16.2 Å². The van der Waals surface area contributed by atoms with Gasteiger partial charge in [0.1, 0.15) is 18.0 Å². The van der Waals surface area contributed by atoms with Gasteiger partial charge in [-0.1, -0.05) is 12.1 Å². The molecule has 2 heterocycles. The summed E-state index contributed by atoms with van der Waals surface area (Å²) in [5.74, 6) is 1.61. The fraction of sp³-hybridized carbons (Fsp3) is 0.417. The van der Waals surface area contributed by atoms with Gasteiger partial charge in [0.15, 0.2) is 0 Å². The Morgan fingerprint density at radius 2 is 1.66 bits per heavy atom. The minimum Gasteiger partial charge on any atom is -0.495 e. The Labute approximate surface area is 188 Å². The van der Waals surface area contributed by atoms with Crippen LogP contribution >= 0.6 is 0 Å². The molecule has 0 atom stereocenters. The predicted molar refractivity (Wildman–Crippen MR) is 124 cm³/mol. The molecule has 0 spiro atoms. The van der Waals surface area contributed by atoms with Gasteiger partial charge >= 0.3 is 6.03 Å². The molecular formula is C24H30N4O4. The highest BCUT2D eigenvalue weighted by molar-refractivity contribution is 5.96. The molecule has 0 aliphatic carbocycles. The Kier molecular flexibility index (Phi) is 6.68. The smallest absolute Gasteiger partial charge is 0.325 e. The summed E-state index contributed by atoms with van der Waals surface area (Å²) >= 11 is 0. The number of carbonyl (C=O) groups excluding carboxylic acids is 2. The Morgan fingerprint density at radius 1 is 0.938 bits per heavy atom. The van der Waals surface area contributed by atoms with Crippen LogP contribution in [0.25, 0.3) is 0 Å². The number of rotatable bonds is 7. The lowest BCUT2D eigenvalue weighted by molar-refractivity contribution is -0.131. The fourth-order valence-corrected chi connectivity index (χ4v) is 4.21. The number of piperazine rings is 1. The molecule has 2 aliphatic heterocycles. The summed E-state index contributed by atoms with van der Waals surface area (Å²) in [5, 5.41) is 0. The molecule has 8 nitrogen and oxygen atoms in total. The van der Waals surface area contributed by atoms with Crippen LogP contribution in [0.1, 0.15) is 6.92 Å². The number of hydrogen-bond donors (Lipinski definition) is 0. The predicted octanol–water partition coefficient (Wildman–Crippen LogP) is 2.68. The molecule has 2 aromatic rings. The average Bonchev–Trinajstić information content (AvgIpc) is 3.19. The van der Waals surface area contributed by atoms with Crippen LogP contribution < -0.4 is 19.3 Å². The molecule has 2 aliphatic rings. The van der Waals surface area contributed by atoms with Gasteiger partial charge in [-0.15, -0.1) is 0 Å². The zero-order valence-electron chi connectivity index (χ0n) is 18.7. The first kappa shape index (κ1) is 21.8. The number of methoxy groups -OCH3 is 1. The van der Waals surface area contributed by atoms with E-state index in [4.69, 9.17) is 9.47 Å². The van der Waals surface area contributed by atoms with E-state index in [-0.39, 0.29) is 18.5 Å². The summed E-state index contributed by atoms with van der Waals surface area (Å²) in [5.41, 5.74) is 1.86. The Hall–Kier alpha value is -3.42. The first-order chi connectivity index (χ1) is 15.6. The van der Waals surface area contributed by atoms with Crippen molar-refractivity contribution in [3.05, 3.63) is 48.5 Å². The minimum absolute atomic E-state index is 0.00781. The van der Waals surface area contributed by atoms with Gasteiger partial charge in [-0.2, -0.15) is 0 Å². The number of para-hydroxylation sites is 2. The molecular weight excluding hydrogens is 408 g/mol. The first-order valence-corrected chi connectivity index (χ1v) is 11.1. The second-order valence-electron chi connectivity index (χ2n) is 7.82. The zero-order valence-corrected chi connectivity index (χ0v) is 18.7. The molecule has 2 saturated heterocycles. The molecule has 0 N–H and O–H groups in total. The molecule has 0 unspecified atom stereocenters. The van der Waals surface area contributed by atoms with Crippen molar-refractivity contribution in [3.8, 4) is 11.5 Å². The molecule has 2 aromatic carbocycles. The number of carbonyl (C=O) groups is 2. The van der Waals surface area contributed by atoms with Gasteiger partial charge in [0, 0.05) is 45.0 Å². The maximum Gasteiger partial charge on any atom is 0.325 e. The van der Waals surface area contributed by atoms with Crippen molar-refractivity contribution >= 4 is 23.3 Å². The van der Waals surface area contributed by atoms with Gasteiger partial charge in [0.25, 0.3) is 0 Å². The summed E-state index contributed by atoms with van der Waals surface area (Å²) in [6.45, 7) is 6.48. The van der Waals surface area contributed by atoms with Gasteiger partial charge in [-0.25, -0.2) is 4.79 Å². The van der Waals surface area contributed by atoms with Gasteiger partial charge < -0.3 is 24.2 Å². The molecule has 3 amide bonds. The van der Waals surface area contributed by atoms with E-state index in [0.717, 1.165) is 36.0 Å². The van der Waals surface area contributed by atoms with E-state index in [1.54, 1.807) is 16.9 Å². The van der Waals surface area contributed by atoms with Gasteiger partial charge in [0.2, 0.25) is 5.91 Å². The summed E-state index contributed by atoms with van der Waals surface area (Å²) in [4.78, 5) is 33.2. The molecule has 8 heteroatoms. The molecule has 0 saturated carbocycles.